The van der Waals surface area contributed by atoms with Crippen LogP contribution in [0.15, 0.2) is 41.8 Å². The zero-order valence-corrected chi connectivity index (χ0v) is 16.3. The highest BCUT2D eigenvalue weighted by Crippen LogP contribution is 2.54. The van der Waals surface area contributed by atoms with Gasteiger partial charge >= 0.3 is 49.3 Å². The van der Waals surface area contributed by atoms with Crippen molar-refractivity contribution in [2.45, 2.75) is 28.2 Å². The van der Waals surface area contributed by atoms with E-state index >= 15 is 0 Å². The van der Waals surface area contributed by atoms with Crippen LogP contribution in [-0.2, 0) is 24.8 Å². The number of ether oxygens (including phenoxy) is 1. The van der Waals surface area contributed by atoms with E-state index in [0.29, 0.717) is 18.2 Å². The molecule has 0 saturated heterocycles. The number of sulfonamides is 2. The summed E-state index contributed by atoms with van der Waals surface area (Å²) in [5, 5.41) is 4.14. The van der Waals surface area contributed by atoms with Crippen molar-refractivity contribution in [3.05, 3.63) is 42.1 Å². The van der Waals surface area contributed by atoms with E-state index in [4.69, 9.17) is 0 Å². The van der Waals surface area contributed by atoms with Gasteiger partial charge in [-0.25, -0.2) is 4.79 Å². The second kappa shape index (κ2) is 8.19. The SMILES string of the molecule is C=CC(=O)Oc1ccc(S(=O)(=O)[NH+]([O-])S(=O)(=O)C(F)(F)C(F)(F)C(F)(F)C(F)(F)F)cc1. The third-order valence-corrected chi connectivity index (χ3v) is 7.43. The minimum atomic E-state index is -7.87. The number of nitrogens with one attached hydrogen (secondary N) is 1. The summed E-state index contributed by atoms with van der Waals surface area (Å²) >= 11 is 0. The maximum atomic E-state index is 13.7. The molecule has 1 atom stereocenters. The van der Waals surface area contributed by atoms with Crippen molar-refractivity contribution in [3.8, 4) is 5.75 Å². The monoisotopic (exact) mass is 525 g/mol. The van der Waals surface area contributed by atoms with Gasteiger partial charge in [-0.3, -0.25) is 0 Å². The molecule has 1 aromatic rings. The topological polar surface area (TPSA) is 122 Å². The fourth-order valence-electron chi connectivity index (χ4n) is 1.72. The lowest BCUT2D eigenvalue weighted by atomic mass is 10.1. The van der Waals surface area contributed by atoms with Crippen LogP contribution in [0.2, 0.25) is 0 Å². The molecule has 0 amide bonds. The Hall–Kier alpha value is -2.38. The van der Waals surface area contributed by atoms with Gasteiger partial charge in [0, 0.05) is 6.08 Å². The second-order valence-electron chi connectivity index (χ2n) is 5.52. The molecule has 0 saturated carbocycles. The van der Waals surface area contributed by atoms with Gasteiger partial charge in [0.2, 0.25) is 0 Å². The lowest BCUT2D eigenvalue weighted by Crippen LogP contribution is -3.13. The Kier molecular flexibility index (Phi) is 7.08. The highest BCUT2D eigenvalue weighted by molar-refractivity contribution is 7.97. The third-order valence-electron chi connectivity index (χ3n) is 3.41. The zero-order chi connectivity index (χ0) is 25.6. The van der Waals surface area contributed by atoms with Crippen LogP contribution in [0, 0.1) is 5.21 Å². The predicted octanol–water partition coefficient (Wildman–Crippen LogP) is 1.60. The van der Waals surface area contributed by atoms with E-state index in [1.54, 1.807) is 0 Å². The molecule has 0 aromatic heterocycles. The van der Waals surface area contributed by atoms with Crippen LogP contribution in [0.5, 0.6) is 5.75 Å². The van der Waals surface area contributed by atoms with E-state index in [0.717, 1.165) is 0 Å². The lowest BCUT2D eigenvalue weighted by molar-refractivity contribution is -0.556. The van der Waals surface area contributed by atoms with Crippen molar-refractivity contribution in [2.75, 3.05) is 0 Å². The number of hydrogen-bond acceptors (Lipinski definition) is 7. The van der Waals surface area contributed by atoms with Crippen molar-refractivity contribution in [1.82, 2.24) is 0 Å². The fraction of sp³-hybridized carbons (Fsp3) is 0.308. The van der Waals surface area contributed by atoms with Gasteiger partial charge in [0.25, 0.3) is 0 Å². The van der Waals surface area contributed by atoms with Crippen molar-refractivity contribution in [3.63, 3.8) is 0 Å². The summed E-state index contributed by atoms with van der Waals surface area (Å²) in [6.45, 7) is 3.00. The number of carbonyl (C=O) groups is 1. The number of benzene rings is 1. The van der Waals surface area contributed by atoms with E-state index in [1.165, 1.54) is 0 Å². The Bertz CT molecular complexity index is 1100. The van der Waals surface area contributed by atoms with Crippen LogP contribution < -0.4 is 8.61 Å². The molecule has 182 valence electrons. The smallest absolute Gasteiger partial charge is 0.465 e. The summed E-state index contributed by atoms with van der Waals surface area (Å²) in [6, 6.07) is 1.63. The molecule has 19 heteroatoms. The van der Waals surface area contributed by atoms with E-state index in [1.807, 2.05) is 0 Å². The normalized spacial score (nSPS) is 15.2. The lowest BCUT2D eigenvalue weighted by Gasteiger charge is -2.34. The van der Waals surface area contributed by atoms with Gasteiger partial charge in [-0.15, -0.1) is 0 Å². The van der Waals surface area contributed by atoms with E-state index in [2.05, 4.69) is 11.3 Å². The van der Waals surface area contributed by atoms with Crippen LogP contribution in [0.4, 0.5) is 39.5 Å². The third kappa shape index (κ3) is 4.28. The number of esters is 1. The van der Waals surface area contributed by atoms with E-state index in [9.17, 15) is 66.4 Å². The molecule has 0 bridgehead atoms. The first kappa shape index (κ1) is 27.7. The fourth-order valence-corrected chi connectivity index (χ4v) is 4.84. The van der Waals surface area contributed by atoms with Gasteiger partial charge in [0.15, 0.2) is 0 Å². The number of rotatable bonds is 8. The second-order valence-corrected chi connectivity index (χ2v) is 9.51. The minimum absolute atomic E-state index is 0.259. The summed E-state index contributed by atoms with van der Waals surface area (Å²) < 4.78 is 164. The molecule has 1 N–H and O–H groups in total. The standard InChI is InChI=1S/C13H8F9NO7S2/c1-2-9(24)30-7-3-5-8(6-4-7)31(26,27)23(25)32(28,29)13(21,22)11(16,17)10(14,15)12(18,19)20/h2-6,23H,1H2. The highest BCUT2D eigenvalue weighted by atomic mass is 32.3. The Balaban J connectivity index is 3.47. The number of alkyl halides is 9. The Morgan fingerprint density at radius 3 is 1.72 bits per heavy atom. The molecule has 0 heterocycles. The average Bonchev–Trinajstić information content (AvgIpc) is 2.66. The quantitative estimate of drug-likeness (QED) is 0.180. The molecule has 1 unspecified atom stereocenters. The number of hydrogen-bond donors (Lipinski definition) is 1. The van der Waals surface area contributed by atoms with E-state index < -0.39 is 63.8 Å². The van der Waals surface area contributed by atoms with Crippen molar-refractivity contribution in [2.24, 2.45) is 0 Å². The van der Waals surface area contributed by atoms with Gasteiger partial charge in [-0.05, 0) is 24.3 Å². The molecule has 32 heavy (non-hydrogen) atoms. The Morgan fingerprint density at radius 1 is 0.906 bits per heavy atom. The van der Waals surface area contributed by atoms with Gasteiger partial charge in [-0.2, -0.15) is 60.2 Å². The molecule has 0 aliphatic rings. The van der Waals surface area contributed by atoms with Crippen LogP contribution in [0.1, 0.15) is 0 Å². The maximum Gasteiger partial charge on any atom is 0.465 e. The molecule has 0 aliphatic carbocycles. The van der Waals surface area contributed by atoms with Crippen LogP contribution in [0.3, 0.4) is 0 Å². The number of quaternary nitrogens is 1. The maximum absolute atomic E-state index is 13.7. The van der Waals surface area contributed by atoms with Crippen LogP contribution >= 0.6 is 0 Å². The van der Waals surface area contributed by atoms with Crippen molar-refractivity contribution in [1.29, 1.82) is 0 Å². The largest absolute Gasteiger partial charge is 0.602 e. The van der Waals surface area contributed by atoms with Gasteiger partial charge in [0.1, 0.15) is 10.6 Å². The molecule has 0 fully saturated rings. The molecule has 0 radical (unpaired) electrons. The average molecular weight is 525 g/mol. The highest BCUT2D eigenvalue weighted by Gasteiger charge is 2.87. The summed E-state index contributed by atoms with van der Waals surface area (Å²) in [7, 11) is -14.1. The summed E-state index contributed by atoms with van der Waals surface area (Å²) in [5.41, 5.74) is 0. The first-order valence-corrected chi connectivity index (χ1v) is 10.2. The minimum Gasteiger partial charge on any atom is -0.602 e. The molecule has 1 rings (SSSR count). The molecule has 0 spiro atoms. The molecular formula is C13H8F9NO7S2. The van der Waals surface area contributed by atoms with Gasteiger partial charge in [0.05, 0.1) is 0 Å². The zero-order valence-electron chi connectivity index (χ0n) is 14.7. The molecular weight excluding hydrogens is 517 g/mol. The predicted molar refractivity (Wildman–Crippen MR) is 83.6 cm³/mol. The van der Waals surface area contributed by atoms with Crippen molar-refractivity contribution >= 4 is 26.0 Å². The molecule has 1 aromatic carbocycles. The van der Waals surface area contributed by atoms with Crippen LogP contribution in [-0.4, -0.2) is 46.1 Å². The molecule has 0 aliphatic heterocycles. The van der Waals surface area contributed by atoms with Crippen LogP contribution in [0.25, 0.3) is 0 Å². The first-order valence-electron chi connectivity index (χ1n) is 7.27. The molecule has 8 nitrogen and oxygen atoms in total. The van der Waals surface area contributed by atoms with Gasteiger partial charge < -0.3 is 9.94 Å². The Morgan fingerprint density at radius 2 is 1.34 bits per heavy atom. The first-order chi connectivity index (χ1) is 14.1. The van der Waals surface area contributed by atoms with E-state index in [-0.39, 0.29) is 12.1 Å². The Labute approximate surface area is 172 Å². The summed E-state index contributed by atoms with van der Waals surface area (Å²) in [6.07, 6.45) is -6.77. The number of halogens is 9. The van der Waals surface area contributed by atoms with Crippen molar-refractivity contribution < 1.29 is 69.8 Å². The summed E-state index contributed by atoms with van der Waals surface area (Å²) in [4.78, 5) is 9.48. The summed E-state index contributed by atoms with van der Waals surface area (Å²) in [5.74, 6) is -17.0. The van der Waals surface area contributed by atoms with Gasteiger partial charge in [-0.1, -0.05) is 6.58 Å². The number of carbonyl (C=O) groups excluding carboxylic acids is 1.